The third-order valence-electron chi connectivity index (χ3n) is 4.54. The SMILES string of the molecule is Cc1c(N2Cc3cccc(C(C)(C)C)c3CC2=O)cnn1C. The maximum absolute atomic E-state index is 12.7. The minimum Gasteiger partial charge on any atom is -0.304 e. The Morgan fingerprint density at radius 3 is 2.55 bits per heavy atom. The molecule has 1 aromatic heterocycles. The largest absolute Gasteiger partial charge is 0.304 e. The van der Waals surface area contributed by atoms with Gasteiger partial charge in [0.1, 0.15) is 0 Å². The third kappa shape index (κ3) is 2.32. The van der Waals surface area contributed by atoms with E-state index in [0.717, 1.165) is 11.4 Å². The number of carbonyl (C=O) groups excluding carboxylic acids is 1. The van der Waals surface area contributed by atoms with Crippen molar-refractivity contribution in [2.24, 2.45) is 7.05 Å². The fraction of sp³-hybridized carbons (Fsp3) is 0.444. The first kappa shape index (κ1) is 14.8. The summed E-state index contributed by atoms with van der Waals surface area (Å²) >= 11 is 0. The molecule has 1 aliphatic rings. The van der Waals surface area contributed by atoms with Crippen LogP contribution in [0, 0.1) is 6.92 Å². The molecule has 0 saturated carbocycles. The van der Waals surface area contributed by atoms with Gasteiger partial charge in [0.25, 0.3) is 0 Å². The Balaban J connectivity index is 2.04. The van der Waals surface area contributed by atoms with Crippen molar-refractivity contribution in [3.8, 4) is 0 Å². The van der Waals surface area contributed by atoms with E-state index in [1.165, 1.54) is 16.7 Å². The summed E-state index contributed by atoms with van der Waals surface area (Å²) in [7, 11) is 1.90. The molecule has 0 radical (unpaired) electrons. The van der Waals surface area contributed by atoms with Gasteiger partial charge in [-0.25, -0.2) is 0 Å². The molecule has 2 aromatic rings. The van der Waals surface area contributed by atoms with Crippen LogP contribution in [0.5, 0.6) is 0 Å². The summed E-state index contributed by atoms with van der Waals surface area (Å²) in [6.07, 6.45) is 2.25. The number of benzene rings is 1. The second-order valence-electron chi connectivity index (χ2n) is 7.09. The van der Waals surface area contributed by atoms with Gasteiger partial charge in [-0.05, 0) is 29.0 Å². The van der Waals surface area contributed by atoms with Gasteiger partial charge in [0.2, 0.25) is 5.91 Å². The summed E-state index contributed by atoms with van der Waals surface area (Å²) in [6.45, 7) is 9.22. The number of amides is 1. The van der Waals surface area contributed by atoms with Crippen LogP contribution in [0.1, 0.15) is 43.2 Å². The normalized spacial score (nSPS) is 15.1. The summed E-state index contributed by atoms with van der Waals surface area (Å²) in [5, 5.41) is 4.26. The molecule has 0 unspecified atom stereocenters. The highest BCUT2D eigenvalue weighted by Crippen LogP contribution is 2.33. The lowest BCUT2D eigenvalue weighted by Crippen LogP contribution is -2.37. The van der Waals surface area contributed by atoms with E-state index >= 15 is 0 Å². The molecule has 0 fully saturated rings. The molecule has 0 bridgehead atoms. The summed E-state index contributed by atoms with van der Waals surface area (Å²) in [4.78, 5) is 14.5. The summed E-state index contributed by atoms with van der Waals surface area (Å²) in [6, 6.07) is 6.39. The highest BCUT2D eigenvalue weighted by Gasteiger charge is 2.30. The van der Waals surface area contributed by atoms with Gasteiger partial charge in [-0.15, -0.1) is 0 Å². The summed E-state index contributed by atoms with van der Waals surface area (Å²) in [5.41, 5.74) is 5.72. The van der Waals surface area contributed by atoms with Crippen molar-refractivity contribution in [1.29, 1.82) is 0 Å². The van der Waals surface area contributed by atoms with E-state index in [0.29, 0.717) is 13.0 Å². The van der Waals surface area contributed by atoms with Crippen LogP contribution in [0.25, 0.3) is 0 Å². The van der Waals surface area contributed by atoms with Crippen LogP contribution in [0.2, 0.25) is 0 Å². The van der Waals surface area contributed by atoms with E-state index in [4.69, 9.17) is 0 Å². The van der Waals surface area contributed by atoms with Gasteiger partial charge in [-0.3, -0.25) is 9.48 Å². The van der Waals surface area contributed by atoms with E-state index in [2.05, 4.69) is 44.1 Å². The number of carbonyl (C=O) groups is 1. The number of aryl methyl sites for hydroxylation is 1. The lowest BCUT2D eigenvalue weighted by molar-refractivity contribution is -0.118. The minimum atomic E-state index is 0.0536. The molecule has 4 nitrogen and oxygen atoms in total. The predicted octanol–water partition coefficient (Wildman–Crippen LogP) is 3.12. The molecule has 3 rings (SSSR count). The molecule has 1 aromatic carbocycles. The van der Waals surface area contributed by atoms with Crippen molar-refractivity contribution in [2.45, 2.75) is 46.1 Å². The van der Waals surface area contributed by atoms with Crippen molar-refractivity contribution in [3.63, 3.8) is 0 Å². The fourth-order valence-electron chi connectivity index (χ4n) is 3.17. The zero-order valence-electron chi connectivity index (χ0n) is 14.0. The monoisotopic (exact) mass is 297 g/mol. The number of aromatic nitrogens is 2. The van der Waals surface area contributed by atoms with Crippen LogP contribution in [0.4, 0.5) is 5.69 Å². The molecule has 22 heavy (non-hydrogen) atoms. The van der Waals surface area contributed by atoms with Crippen molar-refractivity contribution < 1.29 is 4.79 Å². The van der Waals surface area contributed by atoms with Gasteiger partial charge in [0.15, 0.2) is 0 Å². The quantitative estimate of drug-likeness (QED) is 0.811. The van der Waals surface area contributed by atoms with E-state index in [1.807, 2.05) is 23.6 Å². The number of hydrogen-bond acceptors (Lipinski definition) is 2. The number of nitrogens with zero attached hydrogens (tertiary/aromatic N) is 3. The Kier molecular flexibility index (Phi) is 3.35. The molecule has 0 atom stereocenters. The first-order chi connectivity index (χ1) is 10.3. The van der Waals surface area contributed by atoms with Crippen molar-refractivity contribution in [3.05, 3.63) is 46.8 Å². The van der Waals surface area contributed by atoms with Gasteiger partial charge in [-0.1, -0.05) is 39.0 Å². The second kappa shape index (κ2) is 4.97. The Labute approximate surface area is 131 Å². The van der Waals surface area contributed by atoms with Crippen LogP contribution >= 0.6 is 0 Å². The van der Waals surface area contributed by atoms with Gasteiger partial charge >= 0.3 is 0 Å². The summed E-state index contributed by atoms with van der Waals surface area (Å²) in [5.74, 6) is 0.153. The van der Waals surface area contributed by atoms with Crippen molar-refractivity contribution >= 4 is 11.6 Å². The highest BCUT2D eigenvalue weighted by atomic mass is 16.2. The molecule has 0 spiro atoms. The van der Waals surface area contributed by atoms with Crippen LogP contribution in [-0.2, 0) is 30.2 Å². The highest BCUT2D eigenvalue weighted by molar-refractivity contribution is 5.97. The molecular formula is C18H23N3O. The first-order valence-corrected chi connectivity index (χ1v) is 7.69. The topological polar surface area (TPSA) is 38.1 Å². The van der Waals surface area contributed by atoms with Crippen LogP contribution in [0.3, 0.4) is 0 Å². The van der Waals surface area contributed by atoms with Crippen LogP contribution in [0.15, 0.2) is 24.4 Å². The van der Waals surface area contributed by atoms with E-state index in [9.17, 15) is 4.79 Å². The van der Waals surface area contributed by atoms with Crippen LogP contribution in [-0.4, -0.2) is 15.7 Å². The second-order valence-corrected chi connectivity index (χ2v) is 7.09. The van der Waals surface area contributed by atoms with Gasteiger partial charge < -0.3 is 4.90 Å². The van der Waals surface area contributed by atoms with Gasteiger partial charge in [0, 0.05) is 7.05 Å². The predicted molar refractivity (Wildman–Crippen MR) is 88.0 cm³/mol. The Morgan fingerprint density at radius 2 is 1.95 bits per heavy atom. The smallest absolute Gasteiger partial charge is 0.231 e. The van der Waals surface area contributed by atoms with Crippen molar-refractivity contribution in [2.75, 3.05) is 4.90 Å². The molecule has 0 N–H and O–H groups in total. The molecule has 116 valence electrons. The third-order valence-corrected chi connectivity index (χ3v) is 4.54. The number of hydrogen-bond donors (Lipinski definition) is 0. The maximum atomic E-state index is 12.7. The lowest BCUT2D eigenvalue weighted by Gasteiger charge is -2.32. The fourth-order valence-corrected chi connectivity index (χ4v) is 3.17. The van der Waals surface area contributed by atoms with Gasteiger partial charge in [-0.2, -0.15) is 5.10 Å². The maximum Gasteiger partial charge on any atom is 0.231 e. The van der Waals surface area contributed by atoms with Crippen molar-refractivity contribution in [1.82, 2.24) is 9.78 Å². The number of fused-ring (bicyclic) bond motifs is 1. The van der Waals surface area contributed by atoms with E-state index in [1.54, 1.807) is 6.20 Å². The van der Waals surface area contributed by atoms with E-state index in [-0.39, 0.29) is 11.3 Å². The molecule has 1 aliphatic heterocycles. The molecular weight excluding hydrogens is 274 g/mol. The molecule has 4 heteroatoms. The Hall–Kier alpha value is -2.10. The molecule has 2 heterocycles. The average molecular weight is 297 g/mol. The molecule has 1 amide bonds. The molecule has 0 aliphatic carbocycles. The van der Waals surface area contributed by atoms with Gasteiger partial charge in [0.05, 0.1) is 30.5 Å². The number of rotatable bonds is 1. The summed E-state index contributed by atoms with van der Waals surface area (Å²) < 4.78 is 1.81. The standard InChI is InChI=1S/C18H23N3O/c1-12-16(10-19-20(12)5)21-11-13-7-6-8-15(18(2,3)4)14(13)9-17(21)22/h6-8,10H,9,11H2,1-5H3. The number of anilines is 1. The van der Waals surface area contributed by atoms with Crippen LogP contribution < -0.4 is 4.90 Å². The zero-order chi connectivity index (χ0) is 16.1. The Morgan fingerprint density at radius 1 is 1.23 bits per heavy atom. The first-order valence-electron chi connectivity index (χ1n) is 7.69. The minimum absolute atomic E-state index is 0.0536. The average Bonchev–Trinajstić information content (AvgIpc) is 2.76. The Bertz CT molecular complexity index is 737. The molecule has 0 saturated heterocycles. The zero-order valence-corrected chi connectivity index (χ0v) is 14.0. The lowest BCUT2D eigenvalue weighted by atomic mass is 9.80. The van der Waals surface area contributed by atoms with E-state index < -0.39 is 0 Å².